The quantitative estimate of drug-likeness (QED) is 0.599. The van der Waals surface area contributed by atoms with Gasteiger partial charge in [0.15, 0.2) is 15.6 Å². The zero-order valence-corrected chi connectivity index (χ0v) is 17.4. The molecular formula is C23H25NO4S. The molecule has 3 aromatic rings. The zero-order valence-electron chi connectivity index (χ0n) is 16.6. The summed E-state index contributed by atoms with van der Waals surface area (Å²) in [6, 6.07) is 19.9. The van der Waals surface area contributed by atoms with Crippen molar-refractivity contribution in [3.8, 4) is 0 Å². The van der Waals surface area contributed by atoms with E-state index in [-0.39, 0.29) is 34.1 Å². The second-order valence-corrected chi connectivity index (χ2v) is 9.15. The molecule has 0 saturated heterocycles. The Balaban J connectivity index is 1.59. The maximum Gasteiger partial charge on any atom is 0.287 e. The first-order valence-electron chi connectivity index (χ1n) is 9.57. The first kappa shape index (κ1) is 20.9. The summed E-state index contributed by atoms with van der Waals surface area (Å²) in [7, 11) is -3.54. The minimum absolute atomic E-state index is 0.0352. The summed E-state index contributed by atoms with van der Waals surface area (Å²) in [6.07, 6.45) is 1.66. The largest absolute Gasteiger partial charge is 0.455 e. The Kier molecular flexibility index (Phi) is 6.54. The number of aryl methyl sites for hydroxylation is 2. The highest BCUT2D eigenvalue weighted by molar-refractivity contribution is 7.90. The van der Waals surface area contributed by atoms with Crippen LogP contribution in [0.4, 0.5) is 0 Å². The molecule has 1 heterocycles. The molecule has 0 radical (unpaired) electrons. The first-order chi connectivity index (χ1) is 13.8. The van der Waals surface area contributed by atoms with Gasteiger partial charge in [-0.15, -0.1) is 0 Å². The molecule has 0 aliphatic rings. The maximum absolute atomic E-state index is 12.6. The Morgan fingerprint density at radius 2 is 1.69 bits per heavy atom. The van der Waals surface area contributed by atoms with Crippen LogP contribution < -0.4 is 5.32 Å². The average molecular weight is 412 g/mol. The van der Waals surface area contributed by atoms with Crippen molar-refractivity contribution >= 4 is 15.7 Å². The SMILES string of the molecule is Cc1ccccc1S(=O)(=O)Cc1ccc(C(=O)N[C@@H](C)CCc2ccccc2)o1. The van der Waals surface area contributed by atoms with Gasteiger partial charge in [0.1, 0.15) is 11.5 Å². The molecule has 1 N–H and O–H groups in total. The molecule has 3 rings (SSSR count). The average Bonchev–Trinajstić information content (AvgIpc) is 3.15. The van der Waals surface area contributed by atoms with Gasteiger partial charge in [0.25, 0.3) is 5.91 Å². The highest BCUT2D eigenvalue weighted by Crippen LogP contribution is 2.21. The molecule has 0 spiro atoms. The molecule has 0 bridgehead atoms. The molecule has 29 heavy (non-hydrogen) atoms. The van der Waals surface area contributed by atoms with Gasteiger partial charge in [-0.2, -0.15) is 0 Å². The van der Waals surface area contributed by atoms with Crippen molar-refractivity contribution < 1.29 is 17.6 Å². The summed E-state index contributed by atoms with van der Waals surface area (Å²) in [5.41, 5.74) is 1.90. The second-order valence-electron chi connectivity index (χ2n) is 7.19. The number of carbonyl (C=O) groups is 1. The van der Waals surface area contributed by atoms with Crippen LogP contribution in [-0.4, -0.2) is 20.4 Å². The van der Waals surface area contributed by atoms with Crippen LogP contribution in [-0.2, 0) is 22.0 Å². The van der Waals surface area contributed by atoms with Gasteiger partial charge in [0, 0.05) is 6.04 Å². The fraction of sp³-hybridized carbons (Fsp3) is 0.261. The summed E-state index contributed by atoms with van der Waals surface area (Å²) in [5.74, 6) is -0.263. The minimum atomic E-state index is -3.54. The number of rotatable bonds is 8. The number of nitrogens with one attached hydrogen (secondary N) is 1. The van der Waals surface area contributed by atoms with E-state index in [0.717, 1.165) is 12.8 Å². The molecule has 0 aliphatic carbocycles. The molecule has 0 fully saturated rings. The third-order valence-corrected chi connectivity index (χ3v) is 6.53. The molecule has 6 heteroatoms. The summed E-state index contributed by atoms with van der Waals surface area (Å²) >= 11 is 0. The van der Waals surface area contributed by atoms with Gasteiger partial charge < -0.3 is 9.73 Å². The van der Waals surface area contributed by atoms with Gasteiger partial charge >= 0.3 is 0 Å². The number of furan rings is 1. The van der Waals surface area contributed by atoms with Gasteiger partial charge in [0.2, 0.25) is 0 Å². The first-order valence-corrected chi connectivity index (χ1v) is 11.2. The summed E-state index contributed by atoms with van der Waals surface area (Å²) in [5, 5.41) is 2.90. The van der Waals surface area contributed by atoms with Crippen LogP contribution in [0.5, 0.6) is 0 Å². The normalized spacial score (nSPS) is 12.5. The molecule has 5 nitrogen and oxygen atoms in total. The number of amides is 1. The molecule has 152 valence electrons. The van der Waals surface area contributed by atoms with E-state index in [9.17, 15) is 13.2 Å². The van der Waals surface area contributed by atoms with Crippen LogP contribution >= 0.6 is 0 Å². The van der Waals surface area contributed by atoms with E-state index in [2.05, 4.69) is 17.4 Å². The van der Waals surface area contributed by atoms with Gasteiger partial charge in [-0.05, 0) is 56.0 Å². The number of carbonyl (C=O) groups excluding carboxylic acids is 1. The number of hydrogen-bond donors (Lipinski definition) is 1. The van der Waals surface area contributed by atoms with Crippen LogP contribution in [0.15, 0.2) is 76.0 Å². The Morgan fingerprint density at radius 3 is 2.41 bits per heavy atom. The van der Waals surface area contributed by atoms with Crippen LogP contribution in [0.25, 0.3) is 0 Å². The van der Waals surface area contributed by atoms with Crippen molar-refractivity contribution in [1.82, 2.24) is 5.32 Å². The number of sulfone groups is 1. The van der Waals surface area contributed by atoms with Crippen molar-refractivity contribution in [2.45, 2.75) is 43.4 Å². The van der Waals surface area contributed by atoms with Crippen molar-refractivity contribution in [2.75, 3.05) is 0 Å². The van der Waals surface area contributed by atoms with E-state index in [4.69, 9.17) is 4.42 Å². The molecule has 0 unspecified atom stereocenters. The summed E-state index contributed by atoms with van der Waals surface area (Å²) in [6.45, 7) is 3.69. The minimum Gasteiger partial charge on any atom is -0.455 e. The lowest BCUT2D eigenvalue weighted by Gasteiger charge is -2.12. The summed E-state index contributed by atoms with van der Waals surface area (Å²) in [4.78, 5) is 12.7. The number of hydrogen-bond acceptors (Lipinski definition) is 4. The predicted octanol–water partition coefficient (Wildman–Crippen LogP) is 4.31. The Bertz CT molecular complexity index is 1070. The van der Waals surface area contributed by atoms with E-state index in [0.29, 0.717) is 5.56 Å². The standard InChI is InChI=1S/C23H25NO4S/c1-17-8-6-7-11-22(17)29(26,27)16-20-14-15-21(28-20)23(25)24-18(2)12-13-19-9-4-3-5-10-19/h3-11,14-15,18H,12-13,16H2,1-2H3,(H,24,25)/t18-/m0/s1. The maximum atomic E-state index is 12.6. The van der Waals surface area contributed by atoms with Crippen LogP contribution in [0.3, 0.4) is 0 Å². The molecule has 0 aliphatic heterocycles. The van der Waals surface area contributed by atoms with E-state index >= 15 is 0 Å². The lowest BCUT2D eigenvalue weighted by Crippen LogP contribution is -2.32. The fourth-order valence-electron chi connectivity index (χ4n) is 3.14. The van der Waals surface area contributed by atoms with Crippen molar-refractivity contribution in [3.05, 3.63) is 89.4 Å². The smallest absolute Gasteiger partial charge is 0.287 e. The van der Waals surface area contributed by atoms with Gasteiger partial charge in [-0.3, -0.25) is 4.79 Å². The molecule has 1 atom stereocenters. The van der Waals surface area contributed by atoms with Crippen molar-refractivity contribution in [2.24, 2.45) is 0 Å². The van der Waals surface area contributed by atoms with Crippen LogP contribution in [0, 0.1) is 6.92 Å². The third kappa shape index (κ3) is 5.57. The van der Waals surface area contributed by atoms with Gasteiger partial charge in [0.05, 0.1) is 4.90 Å². The van der Waals surface area contributed by atoms with E-state index in [1.165, 1.54) is 11.6 Å². The van der Waals surface area contributed by atoms with Crippen LogP contribution in [0.2, 0.25) is 0 Å². The highest BCUT2D eigenvalue weighted by Gasteiger charge is 2.21. The lowest BCUT2D eigenvalue weighted by molar-refractivity contribution is 0.0909. The van der Waals surface area contributed by atoms with Crippen molar-refractivity contribution in [3.63, 3.8) is 0 Å². The van der Waals surface area contributed by atoms with Crippen LogP contribution in [0.1, 0.15) is 40.8 Å². The molecule has 2 aromatic carbocycles. The topological polar surface area (TPSA) is 76.4 Å². The van der Waals surface area contributed by atoms with E-state index < -0.39 is 9.84 Å². The molecule has 0 saturated carbocycles. The lowest BCUT2D eigenvalue weighted by atomic mass is 10.1. The Labute approximate surface area is 171 Å². The third-order valence-electron chi connectivity index (χ3n) is 4.73. The fourth-order valence-corrected chi connectivity index (χ4v) is 4.67. The highest BCUT2D eigenvalue weighted by atomic mass is 32.2. The Hall–Kier alpha value is -2.86. The number of benzene rings is 2. The monoisotopic (exact) mass is 411 g/mol. The summed E-state index contributed by atoms with van der Waals surface area (Å²) < 4.78 is 30.8. The van der Waals surface area contributed by atoms with E-state index in [1.54, 1.807) is 37.3 Å². The Morgan fingerprint density at radius 1 is 1.00 bits per heavy atom. The molecular weight excluding hydrogens is 386 g/mol. The van der Waals surface area contributed by atoms with Gasteiger partial charge in [-0.25, -0.2) is 8.42 Å². The van der Waals surface area contributed by atoms with E-state index in [1.807, 2.05) is 25.1 Å². The van der Waals surface area contributed by atoms with Gasteiger partial charge in [-0.1, -0.05) is 48.5 Å². The predicted molar refractivity (Wildman–Crippen MR) is 112 cm³/mol. The molecule has 1 aromatic heterocycles. The van der Waals surface area contributed by atoms with Crippen molar-refractivity contribution in [1.29, 1.82) is 0 Å². The molecule has 1 amide bonds. The zero-order chi connectivity index (χ0) is 20.9. The second kappa shape index (κ2) is 9.09.